The summed E-state index contributed by atoms with van der Waals surface area (Å²) in [4.78, 5) is 20.3. The number of ether oxygens (including phenoxy) is 2. The molecule has 9 nitrogen and oxygen atoms in total. The van der Waals surface area contributed by atoms with Crippen molar-refractivity contribution in [3.05, 3.63) is 110 Å². The van der Waals surface area contributed by atoms with Crippen LogP contribution in [0.5, 0.6) is 17.2 Å². The number of hydrogen-bond donors (Lipinski definition) is 5. The van der Waals surface area contributed by atoms with E-state index in [0.29, 0.717) is 61.6 Å². The average Bonchev–Trinajstić information content (AvgIpc) is 3.85. The molecular weight excluding hydrogens is 919 g/mol. The lowest BCUT2D eigenvalue weighted by Gasteiger charge is -2.50. The third kappa shape index (κ3) is 9.10. The van der Waals surface area contributed by atoms with Crippen molar-refractivity contribution in [2.75, 3.05) is 20.3 Å². The summed E-state index contributed by atoms with van der Waals surface area (Å²) in [5.41, 5.74) is 18.3. The van der Waals surface area contributed by atoms with E-state index in [-0.39, 0.29) is 89.1 Å². The Balaban J connectivity index is 1.07. The van der Waals surface area contributed by atoms with Crippen molar-refractivity contribution < 1.29 is 29.6 Å². The molecule has 9 aliphatic rings. The molecule has 392 valence electrons. The Kier molecular flexibility index (Phi) is 13.8. The van der Waals surface area contributed by atoms with Gasteiger partial charge in [0.2, 0.25) is 0 Å². The van der Waals surface area contributed by atoms with Crippen LogP contribution in [0.4, 0.5) is 0 Å². The number of ketones is 1. The van der Waals surface area contributed by atoms with Gasteiger partial charge in [-0.3, -0.25) is 4.79 Å². The van der Waals surface area contributed by atoms with E-state index in [1.807, 2.05) is 19.2 Å². The fraction of sp³-hybridized carbons (Fsp3) is 0.600. The third-order valence-electron chi connectivity index (χ3n) is 20.5. The average molecular weight is 1000 g/mol. The lowest BCUT2D eigenvalue weighted by atomic mass is 9.55. The fourth-order valence-electron chi connectivity index (χ4n) is 17.1. The molecule has 8 aliphatic carbocycles. The molecule has 8 bridgehead atoms. The molecule has 1 aliphatic heterocycles. The Bertz CT molecular complexity index is 2810. The molecule has 0 saturated heterocycles. The summed E-state index contributed by atoms with van der Waals surface area (Å²) < 4.78 is 13.4. The number of fused-ring (bicyclic) bond motifs is 10. The maximum absolute atomic E-state index is 14.8. The maximum Gasteiger partial charge on any atom is 0.189 e. The zero-order valence-electron chi connectivity index (χ0n) is 44.3. The van der Waals surface area contributed by atoms with Crippen LogP contribution in [0.25, 0.3) is 0 Å². The van der Waals surface area contributed by atoms with Crippen molar-refractivity contribution in [1.29, 1.82) is 0 Å². The van der Waals surface area contributed by atoms with Crippen LogP contribution >= 0.6 is 0 Å². The fourth-order valence-corrected chi connectivity index (χ4v) is 17.1. The molecular formula is C65H81N3O6. The topological polar surface area (TPSA) is 147 Å². The number of nitrogens with zero attached hydrogens (tertiary/aromatic N) is 1. The highest BCUT2D eigenvalue weighted by molar-refractivity contribution is 5.97. The molecule has 74 heavy (non-hydrogen) atoms. The first-order valence-corrected chi connectivity index (χ1v) is 29.2. The molecule has 3 aromatic carbocycles. The van der Waals surface area contributed by atoms with Gasteiger partial charge in [0, 0.05) is 49.5 Å². The molecule has 1 spiro atoms. The zero-order valence-corrected chi connectivity index (χ0v) is 44.3. The molecule has 4 saturated carbocycles. The van der Waals surface area contributed by atoms with Crippen molar-refractivity contribution in [2.24, 2.45) is 58.1 Å². The molecule has 0 aromatic heterocycles. The van der Waals surface area contributed by atoms with Crippen LogP contribution in [0.15, 0.2) is 70.8 Å². The Morgan fingerprint density at radius 2 is 1.76 bits per heavy atom. The van der Waals surface area contributed by atoms with Crippen LogP contribution in [0.2, 0.25) is 0 Å². The molecule has 0 radical (unpaired) electrons. The normalized spacial score (nSPS) is 34.5. The minimum Gasteiger partial charge on any atom is -0.508 e. The number of carbonyl (C=O) groups excluding carboxylic acids is 1. The van der Waals surface area contributed by atoms with Gasteiger partial charge in [0.05, 0.1) is 24.3 Å². The number of guanidine groups is 1. The number of phenolic OH excluding ortho intramolecular Hbond substituents is 2. The molecule has 13 atom stereocenters. The standard InChI is InChI=1S/C65H81N3O6/c1-4-40-31-54-42(28-46(40)35-69)17-18-43(33-59(54)71)53-34-60(74-50-12-5-6-13-50)63(72)62-51(53)14-9-11-48-29-45-32-55-52(22-37(2)23-56(55)61(62)57(45)36-73-3)44-25-39(26-49(70)30-44)24-38-15-16-41-19-20-47-10-7-8-21-65(47,58(41)27-38)68-64(66)67-48/h15-16,25-27,30-32,34,37,40,42-43,45-48,50,52,56-57,61,69-70,72H,4-8,10-13,17-24,28-29,33,35-36H2,1-3H3,(H3,66,67,68)/t37-,40-,42+,43-,45+,46+,47-,48+,52+,56+,57+,61+,65-/m1/s1. The number of methoxy groups -OCH3 is 1. The van der Waals surface area contributed by atoms with Crippen LogP contribution in [0.3, 0.4) is 0 Å². The summed E-state index contributed by atoms with van der Waals surface area (Å²) >= 11 is 0. The van der Waals surface area contributed by atoms with E-state index >= 15 is 0 Å². The second kappa shape index (κ2) is 20.5. The van der Waals surface area contributed by atoms with Gasteiger partial charge in [-0.05, 0) is 213 Å². The Labute approximate surface area is 440 Å². The number of Topliss-reactive ketones (excluding diaryl/α,β-unsaturated/α-hetero) is 1. The SMILES string of the molecule is CC[C@@H]1C=C2C(=O)C[C@H](c3cc(OC4CCCC4)c(O)c4c3C#CC[C@H]3C[C@H]5C=C6[C@@H](C[C@@H](C)C[C@@H]6[C@H]4[C@H]5COC)c4cc(O)cc(c4)Cc4ccc5c(c4)[C@]4(CCCC[C@@H]4CC5)NC(N)=N3)CC[C@H]2C[C@H]1CO. The number of aliphatic imine (C=N–C) groups is 1. The van der Waals surface area contributed by atoms with Gasteiger partial charge in [0.1, 0.15) is 5.75 Å². The summed E-state index contributed by atoms with van der Waals surface area (Å²) in [6, 6.07) is 15.3. The molecule has 12 rings (SSSR count). The molecule has 0 unspecified atom stereocenters. The van der Waals surface area contributed by atoms with Gasteiger partial charge in [-0.1, -0.05) is 80.5 Å². The van der Waals surface area contributed by atoms with Crippen LogP contribution in [-0.4, -0.2) is 59.5 Å². The predicted molar refractivity (Wildman–Crippen MR) is 291 cm³/mol. The first-order valence-electron chi connectivity index (χ1n) is 29.2. The number of aliphatic hydroxyl groups is 1. The minimum absolute atomic E-state index is 0.00325. The van der Waals surface area contributed by atoms with Gasteiger partial charge in [-0.15, -0.1) is 0 Å². The number of aromatic hydroxyl groups is 2. The molecule has 6 N–H and O–H groups in total. The number of nitrogens with two attached hydrogens (primary N) is 1. The van der Waals surface area contributed by atoms with E-state index in [9.17, 15) is 20.1 Å². The maximum atomic E-state index is 14.8. The first kappa shape index (κ1) is 49.8. The van der Waals surface area contributed by atoms with Gasteiger partial charge in [0.15, 0.2) is 23.2 Å². The van der Waals surface area contributed by atoms with Gasteiger partial charge in [0.25, 0.3) is 0 Å². The zero-order chi connectivity index (χ0) is 50.8. The number of nitrogens with one attached hydrogen (secondary N) is 1. The van der Waals surface area contributed by atoms with Gasteiger partial charge in [-0.2, -0.15) is 0 Å². The lowest BCUT2D eigenvalue weighted by molar-refractivity contribution is -0.116. The van der Waals surface area contributed by atoms with E-state index in [4.69, 9.17) is 20.2 Å². The number of hydrogen-bond acceptors (Lipinski definition) is 9. The summed E-state index contributed by atoms with van der Waals surface area (Å²) in [7, 11) is 1.81. The number of aliphatic hydroxyl groups excluding tert-OH is 1. The second-order valence-electron chi connectivity index (χ2n) is 24.9. The summed E-state index contributed by atoms with van der Waals surface area (Å²) in [6.07, 6.45) is 23.1. The Morgan fingerprint density at radius 3 is 2.58 bits per heavy atom. The summed E-state index contributed by atoms with van der Waals surface area (Å²) in [5, 5.41) is 39.5. The van der Waals surface area contributed by atoms with Crippen LogP contribution in [0, 0.1) is 59.2 Å². The number of rotatable bonds is 7. The van der Waals surface area contributed by atoms with Crippen LogP contribution in [0.1, 0.15) is 192 Å². The van der Waals surface area contributed by atoms with Gasteiger partial charge >= 0.3 is 0 Å². The number of benzene rings is 3. The van der Waals surface area contributed by atoms with Gasteiger partial charge < -0.3 is 35.8 Å². The van der Waals surface area contributed by atoms with E-state index in [1.54, 1.807) is 0 Å². The van der Waals surface area contributed by atoms with E-state index in [1.165, 1.54) is 28.7 Å². The highest BCUT2D eigenvalue weighted by Crippen LogP contribution is 2.60. The van der Waals surface area contributed by atoms with E-state index in [2.05, 4.69) is 73.5 Å². The number of aryl methyl sites for hydroxylation is 1. The Morgan fingerprint density at radius 1 is 0.919 bits per heavy atom. The third-order valence-corrected chi connectivity index (χ3v) is 20.5. The van der Waals surface area contributed by atoms with Crippen molar-refractivity contribution in [1.82, 2.24) is 5.32 Å². The quantitative estimate of drug-likeness (QED) is 0.116. The minimum atomic E-state index is -0.326. The molecule has 9 heteroatoms. The molecule has 1 heterocycles. The second-order valence-corrected chi connectivity index (χ2v) is 24.9. The smallest absolute Gasteiger partial charge is 0.189 e. The molecule has 0 amide bonds. The summed E-state index contributed by atoms with van der Waals surface area (Å²) in [6.45, 7) is 5.16. The summed E-state index contributed by atoms with van der Waals surface area (Å²) in [5.74, 6) is 10.2. The van der Waals surface area contributed by atoms with Crippen molar-refractivity contribution in [3.63, 3.8) is 0 Å². The monoisotopic (exact) mass is 1000 g/mol. The largest absolute Gasteiger partial charge is 0.508 e. The van der Waals surface area contributed by atoms with Gasteiger partial charge in [-0.25, -0.2) is 4.99 Å². The molecule has 3 aromatic rings. The van der Waals surface area contributed by atoms with E-state index < -0.39 is 0 Å². The van der Waals surface area contributed by atoms with Crippen molar-refractivity contribution in [3.8, 4) is 29.1 Å². The molecule has 4 fully saturated rings. The highest BCUT2D eigenvalue weighted by Gasteiger charge is 2.50. The highest BCUT2D eigenvalue weighted by atomic mass is 16.5. The number of phenols is 2. The first-order chi connectivity index (χ1) is 36.0. The van der Waals surface area contributed by atoms with Crippen LogP contribution in [-0.2, 0) is 27.9 Å². The predicted octanol–water partition coefficient (Wildman–Crippen LogP) is 11.9. The van der Waals surface area contributed by atoms with E-state index in [0.717, 1.165) is 130 Å². The van der Waals surface area contributed by atoms with Crippen molar-refractivity contribution in [2.45, 2.75) is 178 Å². The lowest BCUT2D eigenvalue weighted by Crippen LogP contribution is -2.57. The number of carbonyl (C=O) groups is 1. The van der Waals surface area contributed by atoms with Crippen molar-refractivity contribution >= 4 is 11.7 Å². The number of allylic oxidation sites excluding steroid dienone is 4. The van der Waals surface area contributed by atoms with Crippen LogP contribution < -0.4 is 15.8 Å². The Hall–Kier alpha value is -5.04.